The molecular weight excluding hydrogens is 278 g/mol. The third-order valence-electron chi connectivity index (χ3n) is 3.30. The van der Waals surface area contributed by atoms with E-state index in [1.807, 2.05) is 43.1 Å². The molecule has 0 radical (unpaired) electrons. The number of guanidine groups is 1. The molecule has 2 heterocycles. The normalized spacial score (nSPS) is 11.5. The van der Waals surface area contributed by atoms with Gasteiger partial charge in [-0.2, -0.15) is 0 Å². The number of aryl methyl sites for hydroxylation is 1. The molecule has 2 N–H and O–H groups in total. The van der Waals surface area contributed by atoms with E-state index in [9.17, 15) is 0 Å². The minimum absolute atomic E-state index is 0.480. The van der Waals surface area contributed by atoms with Crippen LogP contribution < -0.4 is 10.6 Å². The highest BCUT2D eigenvalue weighted by atomic mass is 15.3. The molecule has 7 nitrogen and oxygen atoms in total. The first-order valence-corrected chi connectivity index (χ1v) is 7.29. The highest BCUT2D eigenvalue weighted by Crippen LogP contribution is 1.99. The average molecular weight is 301 g/mol. The van der Waals surface area contributed by atoms with Gasteiger partial charge in [-0.3, -0.25) is 0 Å². The zero-order valence-corrected chi connectivity index (χ0v) is 13.2. The summed E-state index contributed by atoms with van der Waals surface area (Å²) in [6, 6.07) is 4.03. The summed E-state index contributed by atoms with van der Waals surface area (Å²) in [5, 5.41) is 14.7. The standard InChI is InChI=1S/C15H23N7/c1-4-7-16-15(17-8-11-22-9-5-6-10-22)18-12-14-20-19-13(2)21(14)3/h4-6,9-10H,1,7-8,11-12H2,2-3H3,(H2,16,17,18). The van der Waals surface area contributed by atoms with Crippen LogP contribution in [-0.2, 0) is 20.1 Å². The van der Waals surface area contributed by atoms with Crippen molar-refractivity contribution >= 4 is 5.96 Å². The van der Waals surface area contributed by atoms with Crippen LogP contribution in [-0.4, -0.2) is 38.4 Å². The van der Waals surface area contributed by atoms with Gasteiger partial charge in [-0.1, -0.05) is 6.08 Å². The van der Waals surface area contributed by atoms with Gasteiger partial charge in [-0.05, 0) is 19.1 Å². The predicted molar refractivity (Wildman–Crippen MR) is 87.5 cm³/mol. The van der Waals surface area contributed by atoms with E-state index >= 15 is 0 Å². The molecule has 118 valence electrons. The van der Waals surface area contributed by atoms with E-state index in [1.165, 1.54) is 0 Å². The van der Waals surface area contributed by atoms with E-state index in [0.29, 0.717) is 13.1 Å². The Bertz CT molecular complexity index is 610. The Morgan fingerprint density at radius 1 is 1.32 bits per heavy atom. The predicted octanol–water partition coefficient (Wildman–Crippen LogP) is 0.846. The molecule has 0 aromatic carbocycles. The SMILES string of the molecule is C=CCNC(=NCc1nnc(C)n1C)NCCn1cccc1. The molecule has 7 heteroatoms. The number of hydrogen-bond donors (Lipinski definition) is 2. The molecule has 0 aliphatic rings. The van der Waals surface area contributed by atoms with E-state index in [2.05, 4.69) is 37.0 Å². The Morgan fingerprint density at radius 3 is 2.73 bits per heavy atom. The fourth-order valence-corrected chi connectivity index (χ4v) is 1.90. The van der Waals surface area contributed by atoms with Gasteiger partial charge in [0.15, 0.2) is 11.8 Å². The van der Waals surface area contributed by atoms with E-state index in [-0.39, 0.29) is 0 Å². The number of aromatic nitrogens is 4. The minimum Gasteiger partial charge on any atom is -0.355 e. The van der Waals surface area contributed by atoms with Crippen LogP contribution in [0.25, 0.3) is 0 Å². The lowest BCUT2D eigenvalue weighted by molar-refractivity contribution is 0.665. The summed E-state index contributed by atoms with van der Waals surface area (Å²) in [6.07, 6.45) is 5.88. The van der Waals surface area contributed by atoms with Crippen molar-refractivity contribution in [3.63, 3.8) is 0 Å². The Labute approximate surface area is 130 Å². The summed E-state index contributed by atoms with van der Waals surface area (Å²) < 4.78 is 4.05. The number of hydrogen-bond acceptors (Lipinski definition) is 3. The van der Waals surface area contributed by atoms with Crippen LogP contribution in [0.4, 0.5) is 0 Å². The van der Waals surface area contributed by atoms with Crippen LogP contribution in [0.2, 0.25) is 0 Å². The van der Waals surface area contributed by atoms with Gasteiger partial charge in [-0.25, -0.2) is 4.99 Å². The van der Waals surface area contributed by atoms with Gasteiger partial charge < -0.3 is 19.8 Å². The molecule has 2 rings (SSSR count). The maximum atomic E-state index is 4.54. The summed E-state index contributed by atoms with van der Waals surface area (Å²) in [5.41, 5.74) is 0. The van der Waals surface area contributed by atoms with Crippen molar-refractivity contribution < 1.29 is 0 Å². The van der Waals surface area contributed by atoms with Crippen LogP contribution in [0.3, 0.4) is 0 Å². The second-order valence-corrected chi connectivity index (χ2v) is 4.90. The average Bonchev–Trinajstić information content (AvgIpc) is 3.14. The van der Waals surface area contributed by atoms with Gasteiger partial charge >= 0.3 is 0 Å². The molecule has 0 bridgehead atoms. The van der Waals surface area contributed by atoms with Crippen LogP contribution in [0.15, 0.2) is 42.2 Å². The monoisotopic (exact) mass is 301 g/mol. The van der Waals surface area contributed by atoms with Crippen molar-refractivity contribution in [3.8, 4) is 0 Å². The van der Waals surface area contributed by atoms with Crippen LogP contribution >= 0.6 is 0 Å². The van der Waals surface area contributed by atoms with E-state index in [0.717, 1.165) is 30.7 Å². The van der Waals surface area contributed by atoms with Gasteiger partial charge in [0.1, 0.15) is 12.4 Å². The summed E-state index contributed by atoms with van der Waals surface area (Å²) in [4.78, 5) is 4.54. The molecule has 0 atom stereocenters. The summed E-state index contributed by atoms with van der Waals surface area (Å²) in [6.45, 7) is 8.44. The Balaban J connectivity index is 1.90. The second-order valence-electron chi connectivity index (χ2n) is 4.90. The Morgan fingerprint density at radius 2 is 2.09 bits per heavy atom. The van der Waals surface area contributed by atoms with E-state index in [1.54, 1.807) is 6.08 Å². The summed E-state index contributed by atoms with van der Waals surface area (Å²) >= 11 is 0. The zero-order valence-electron chi connectivity index (χ0n) is 13.2. The lowest BCUT2D eigenvalue weighted by atomic mass is 10.5. The van der Waals surface area contributed by atoms with Crippen molar-refractivity contribution in [2.24, 2.45) is 12.0 Å². The maximum absolute atomic E-state index is 4.54. The van der Waals surface area contributed by atoms with Crippen molar-refractivity contribution in [1.29, 1.82) is 0 Å². The number of rotatable bonds is 7. The fraction of sp³-hybridized carbons (Fsp3) is 0.400. The number of aliphatic imine (C=N–C) groups is 1. The van der Waals surface area contributed by atoms with Crippen molar-refractivity contribution in [2.45, 2.75) is 20.0 Å². The number of nitrogens with one attached hydrogen (secondary N) is 2. The van der Waals surface area contributed by atoms with E-state index < -0.39 is 0 Å². The van der Waals surface area contributed by atoms with Gasteiger partial charge in [0, 0.05) is 39.1 Å². The van der Waals surface area contributed by atoms with Gasteiger partial charge in [0.2, 0.25) is 0 Å². The molecule has 0 unspecified atom stereocenters. The van der Waals surface area contributed by atoms with Gasteiger partial charge in [0.25, 0.3) is 0 Å². The second kappa shape index (κ2) is 8.02. The first-order valence-electron chi connectivity index (χ1n) is 7.29. The van der Waals surface area contributed by atoms with Gasteiger partial charge in [0.05, 0.1) is 0 Å². The first-order chi connectivity index (χ1) is 10.7. The fourth-order valence-electron chi connectivity index (χ4n) is 1.90. The maximum Gasteiger partial charge on any atom is 0.192 e. The number of nitrogens with zero attached hydrogens (tertiary/aromatic N) is 5. The van der Waals surface area contributed by atoms with E-state index in [4.69, 9.17) is 0 Å². The van der Waals surface area contributed by atoms with Crippen LogP contribution in [0.1, 0.15) is 11.6 Å². The molecule has 0 saturated heterocycles. The molecule has 0 fully saturated rings. The third kappa shape index (κ3) is 4.47. The van der Waals surface area contributed by atoms with Gasteiger partial charge in [-0.15, -0.1) is 16.8 Å². The third-order valence-corrected chi connectivity index (χ3v) is 3.30. The molecule has 0 amide bonds. The van der Waals surface area contributed by atoms with Crippen molar-refractivity contribution in [1.82, 2.24) is 30.0 Å². The molecule has 0 aliphatic heterocycles. The Hall–Kier alpha value is -2.57. The molecule has 2 aromatic heterocycles. The summed E-state index contributed by atoms with van der Waals surface area (Å²) in [5.74, 6) is 2.46. The van der Waals surface area contributed by atoms with Crippen LogP contribution in [0.5, 0.6) is 0 Å². The first kappa shape index (κ1) is 15.8. The van der Waals surface area contributed by atoms with Crippen molar-refractivity contribution in [2.75, 3.05) is 13.1 Å². The molecular formula is C15H23N7. The molecule has 0 saturated carbocycles. The smallest absolute Gasteiger partial charge is 0.192 e. The van der Waals surface area contributed by atoms with Crippen molar-refractivity contribution in [3.05, 3.63) is 48.8 Å². The van der Waals surface area contributed by atoms with Crippen LogP contribution in [0, 0.1) is 6.92 Å². The molecule has 2 aromatic rings. The lowest BCUT2D eigenvalue weighted by Crippen LogP contribution is -2.39. The molecule has 0 aliphatic carbocycles. The topological polar surface area (TPSA) is 72.1 Å². The quantitative estimate of drug-likeness (QED) is 0.452. The Kier molecular flexibility index (Phi) is 5.76. The molecule has 0 spiro atoms. The molecule has 22 heavy (non-hydrogen) atoms. The minimum atomic E-state index is 0.480. The lowest BCUT2D eigenvalue weighted by Gasteiger charge is -2.11. The zero-order chi connectivity index (χ0) is 15.8. The summed E-state index contributed by atoms with van der Waals surface area (Å²) in [7, 11) is 1.94. The highest BCUT2D eigenvalue weighted by Gasteiger charge is 2.04. The highest BCUT2D eigenvalue weighted by molar-refractivity contribution is 5.79. The largest absolute Gasteiger partial charge is 0.355 e.